The van der Waals surface area contributed by atoms with Crippen molar-refractivity contribution >= 4 is 16.9 Å². The molecular formula is C17H17F2HfN6O2-. The molecule has 28 heavy (non-hydrogen) atoms. The van der Waals surface area contributed by atoms with E-state index in [2.05, 4.69) is 25.3 Å². The van der Waals surface area contributed by atoms with E-state index in [1.54, 1.807) is 29.2 Å². The number of hydrogen-bond acceptors (Lipinski definition) is 5. The quantitative estimate of drug-likeness (QED) is 0.338. The first-order valence-electron chi connectivity index (χ1n) is 8.51. The average molecular weight is 554 g/mol. The second-order valence-corrected chi connectivity index (χ2v) is 6.62. The molecule has 0 spiro atoms. The van der Waals surface area contributed by atoms with E-state index in [1.165, 1.54) is 6.33 Å². The smallest absolute Gasteiger partial charge is 0.272 e. The molecule has 1 aliphatic carbocycles. The Morgan fingerprint density at radius 1 is 1.36 bits per heavy atom. The molecule has 0 unspecified atom stereocenters. The van der Waals surface area contributed by atoms with Crippen molar-refractivity contribution < 1.29 is 44.5 Å². The third-order valence-corrected chi connectivity index (χ3v) is 4.84. The number of hydrogen-bond donors (Lipinski definition) is 3. The van der Waals surface area contributed by atoms with Crippen LogP contribution in [0.3, 0.4) is 0 Å². The summed E-state index contributed by atoms with van der Waals surface area (Å²) in [6.07, 6.45) is 4.79. The molecule has 1 aliphatic rings. The SMILES string of the molecule is O=C(NC1CCC(O)([C-](F)F)CC1)c1nc(-n2ccnc2)nc2cc[nH]c12.[Hf]. The minimum absolute atomic E-state index is 0. The summed E-state index contributed by atoms with van der Waals surface area (Å²) in [4.78, 5) is 28.4. The molecule has 0 radical (unpaired) electrons. The normalized spacial score (nSPS) is 22.2. The average Bonchev–Trinajstić information content (AvgIpc) is 3.34. The number of fused-ring (bicyclic) bond motifs is 1. The predicted molar refractivity (Wildman–Crippen MR) is 91.1 cm³/mol. The predicted octanol–water partition coefficient (Wildman–Crippen LogP) is 1.97. The molecule has 8 nitrogen and oxygen atoms in total. The molecule has 3 N–H and O–H groups in total. The van der Waals surface area contributed by atoms with E-state index in [-0.39, 0.29) is 63.3 Å². The van der Waals surface area contributed by atoms with Gasteiger partial charge in [-0.3, -0.25) is 9.36 Å². The number of aromatic nitrogens is 5. The molecule has 0 saturated heterocycles. The molecular weight excluding hydrogens is 537 g/mol. The van der Waals surface area contributed by atoms with Crippen molar-refractivity contribution in [2.24, 2.45) is 0 Å². The topological polar surface area (TPSA) is 109 Å². The van der Waals surface area contributed by atoms with Gasteiger partial charge in [-0.05, 0) is 31.7 Å². The second-order valence-electron chi connectivity index (χ2n) is 6.62. The summed E-state index contributed by atoms with van der Waals surface area (Å²) in [6, 6.07) is 1.42. The van der Waals surface area contributed by atoms with Crippen LogP contribution in [-0.2, 0) is 25.8 Å². The van der Waals surface area contributed by atoms with Crippen LogP contribution in [0.5, 0.6) is 0 Å². The number of nitrogens with one attached hydrogen (secondary N) is 2. The van der Waals surface area contributed by atoms with Gasteiger partial charge in [-0.15, -0.1) is 0 Å². The van der Waals surface area contributed by atoms with Gasteiger partial charge < -0.3 is 24.2 Å². The van der Waals surface area contributed by atoms with Crippen LogP contribution in [-0.4, -0.2) is 47.2 Å². The molecule has 146 valence electrons. The number of imidazole rings is 1. The molecule has 1 amide bonds. The summed E-state index contributed by atoms with van der Waals surface area (Å²) in [5.74, 6) is -0.122. The van der Waals surface area contributed by atoms with Crippen LogP contribution < -0.4 is 5.32 Å². The van der Waals surface area contributed by atoms with E-state index < -0.39 is 17.9 Å². The van der Waals surface area contributed by atoms with Gasteiger partial charge in [-0.1, -0.05) is 0 Å². The number of carbonyl (C=O) groups is 1. The van der Waals surface area contributed by atoms with Crippen LogP contribution in [0.2, 0.25) is 0 Å². The van der Waals surface area contributed by atoms with Crippen molar-refractivity contribution in [3.05, 3.63) is 43.1 Å². The van der Waals surface area contributed by atoms with Crippen LogP contribution in [0.1, 0.15) is 36.2 Å². The number of nitrogens with zero attached hydrogens (tertiary/aromatic N) is 4. The van der Waals surface area contributed by atoms with Gasteiger partial charge in [0, 0.05) is 62.5 Å². The molecule has 3 aromatic rings. The first kappa shape index (κ1) is 20.7. The Kier molecular flexibility index (Phi) is 6.04. The third kappa shape index (κ3) is 3.90. The Hall–Kier alpha value is -2.01. The van der Waals surface area contributed by atoms with Gasteiger partial charge in [0.25, 0.3) is 5.91 Å². The van der Waals surface area contributed by atoms with Crippen molar-refractivity contribution in [3.8, 4) is 5.95 Å². The fraction of sp³-hybridized carbons (Fsp3) is 0.353. The third-order valence-electron chi connectivity index (χ3n) is 4.84. The molecule has 1 fully saturated rings. The Bertz CT molecular complexity index is 954. The second kappa shape index (κ2) is 8.16. The van der Waals surface area contributed by atoms with E-state index >= 15 is 0 Å². The van der Waals surface area contributed by atoms with Gasteiger partial charge in [0.1, 0.15) is 6.33 Å². The molecule has 0 atom stereocenters. The summed E-state index contributed by atoms with van der Waals surface area (Å²) in [6.45, 7) is 0. The minimum atomic E-state index is -2.04. The molecule has 1 saturated carbocycles. The van der Waals surface area contributed by atoms with Crippen molar-refractivity contribution in [1.29, 1.82) is 0 Å². The standard InChI is InChI=1S/C17H17F2N6O2.Hf/c18-15(19)17(27)4-1-10(2-5-17)22-14(26)13-12-11(3-6-21-12)23-16(24-13)25-8-7-20-9-25;/h3,6-10,21,27H,1-2,4-5H2,(H,22,26);/q-1;. The molecule has 0 aliphatic heterocycles. The zero-order valence-electron chi connectivity index (χ0n) is 14.7. The monoisotopic (exact) mass is 555 g/mol. The number of aromatic amines is 1. The maximum atomic E-state index is 12.8. The van der Waals surface area contributed by atoms with E-state index in [4.69, 9.17) is 0 Å². The van der Waals surface area contributed by atoms with E-state index in [9.17, 15) is 18.7 Å². The molecule has 3 aromatic heterocycles. The summed E-state index contributed by atoms with van der Waals surface area (Å²) < 4.78 is 27.2. The van der Waals surface area contributed by atoms with Crippen LogP contribution in [0.25, 0.3) is 17.0 Å². The van der Waals surface area contributed by atoms with Gasteiger partial charge in [0.2, 0.25) is 5.95 Å². The first-order chi connectivity index (χ1) is 13.0. The number of carbonyl (C=O) groups excluding carboxylic acids is 1. The van der Waals surface area contributed by atoms with Crippen LogP contribution in [0, 0.1) is 6.43 Å². The van der Waals surface area contributed by atoms with Gasteiger partial charge in [-0.2, -0.15) is 0 Å². The molecule has 4 rings (SSSR count). The van der Waals surface area contributed by atoms with Crippen molar-refractivity contribution in [1.82, 2.24) is 29.8 Å². The zero-order chi connectivity index (χ0) is 19.0. The van der Waals surface area contributed by atoms with Crippen molar-refractivity contribution in [3.63, 3.8) is 0 Å². The van der Waals surface area contributed by atoms with Crippen molar-refractivity contribution in [2.75, 3.05) is 0 Å². The molecule has 11 heteroatoms. The number of aliphatic hydroxyl groups is 1. The van der Waals surface area contributed by atoms with E-state index in [0.717, 1.165) is 0 Å². The number of rotatable bonds is 4. The van der Waals surface area contributed by atoms with Crippen LogP contribution in [0.15, 0.2) is 31.0 Å². The number of H-pyrrole nitrogens is 1. The van der Waals surface area contributed by atoms with Gasteiger partial charge in [0.15, 0.2) is 5.69 Å². The summed E-state index contributed by atoms with van der Waals surface area (Å²) >= 11 is 0. The largest absolute Gasteiger partial charge is 0.418 e. The zero-order valence-corrected chi connectivity index (χ0v) is 18.3. The summed E-state index contributed by atoms with van der Waals surface area (Å²) in [5.41, 5.74) is -0.812. The van der Waals surface area contributed by atoms with Crippen molar-refractivity contribution in [2.45, 2.75) is 37.3 Å². The number of halogens is 2. The fourth-order valence-electron chi connectivity index (χ4n) is 3.27. The fourth-order valence-corrected chi connectivity index (χ4v) is 3.27. The Balaban J connectivity index is 0.00000225. The first-order valence-corrected chi connectivity index (χ1v) is 8.51. The van der Waals surface area contributed by atoms with Crippen LogP contribution in [0.4, 0.5) is 8.78 Å². The van der Waals surface area contributed by atoms with Gasteiger partial charge in [-0.25, -0.2) is 15.0 Å². The molecule has 3 heterocycles. The van der Waals surface area contributed by atoms with E-state index in [0.29, 0.717) is 17.0 Å². The maximum absolute atomic E-state index is 12.8. The molecule has 0 bridgehead atoms. The Morgan fingerprint density at radius 2 is 2.11 bits per heavy atom. The Labute approximate surface area is 177 Å². The maximum Gasteiger partial charge on any atom is 0.272 e. The van der Waals surface area contributed by atoms with Gasteiger partial charge >= 0.3 is 0 Å². The number of amides is 1. The Morgan fingerprint density at radius 3 is 2.75 bits per heavy atom. The minimum Gasteiger partial charge on any atom is -0.418 e. The van der Waals surface area contributed by atoms with E-state index in [1.807, 2.05) is 0 Å². The molecule has 0 aromatic carbocycles. The summed E-state index contributed by atoms with van der Waals surface area (Å²) in [7, 11) is 0. The van der Waals surface area contributed by atoms with Gasteiger partial charge in [0.05, 0.1) is 11.0 Å². The van der Waals surface area contributed by atoms with Crippen LogP contribution >= 0.6 is 0 Å². The summed E-state index contributed by atoms with van der Waals surface area (Å²) in [5, 5.41) is 12.7.